The van der Waals surface area contributed by atoms with Crippen molar-refractivity contribution in [3.8, 4) is 5.75 Å². The molecule has 0 bridgehead atoms. The Kier molecular flexibility index (Phi) is 4.53. The molecule has 1 unspecified atom stereocenters. The molecule has 1 fully saturated rings. The van der Waals surface area contributed by atoms with E-state index in [1.165, 1.54) is 0 Å². The van der Waals surface area contributed by atoms with E-state index in [-0.39, 0.29) is 18.2 Å². The van der Waals surface area contributed by atoms with Gasteiger partial charge < -0.3 is 14.4 Å². The van der Waals surface area contributed by atoms with Gasteiger partial charge in [-0.2, -0.15) is 0 Å². The van der Waals surface area contributed by atoms with Crippen LogP contribution in [0.5, 0.6) is 5.75 Å². The fraction of sp³-hybridized carbons (Fsp3) is 0.500. The summed E-state index contributed by atoms with van der Waals surface area (Å²) in [6, 6.07) is 7.73. The van der Waals surface area contributed by atoms with E-state index in [1.807, 2.05) is 38.1 Å². The first-order valence-corrected chi connectivity index (χ1v) is 6.88. The summed E-state index contributed by atoms with van der Waals surface area (Å²) in [7, 11) is 0. The fourth-order valence-electron chi connectivity index (χ4n) is 1.91. The van der Waals surface area contributed by atoms with Crippen molar-refractivity contribution >= 4 is 17.7 Å². The predicted octanol–water partition coefficient (Wildman–Crippen LogP) is 3.03. The molecule has 0 aliphatic carbocycles. The van der Waals surface area contributed by atoms with Gasteiger partial charge in [0.2, 0.25) is 0 Å². The average molecular weight is 284 g/mol. The molecule has 0 N–H and O–H groups in total. The lowest BCUT2D eigenvalue weighted by Gasteiger charge is -2.16. The van der Waals surface area contributed by atoms with Gasteiger partial charge in [0.1, 0.15) is 12.4 Å². The van der Waals surface area contributed by atoms with Gasteiger partial charge in [0.25, 0.3) is 0 Å². The third-order valence-electron chi connectivity index (χ3n) is 3.04. The first kappa shape index (κ1) is 14.0. The second-order valence-electron chi connectivity index (χ2n) is 4.84. The molecule has 1 aromatic rings. The molecule has 0 aromatic heterocycles. The highest BCUT2D eigenvalue weighted by Gasteiger charge is 2.33. The van der Waals surface area contributed by atoms with Crippen LogP contribution in [0.15, 0.2) is 24.3 Å². The Labute approximate surface area is 118 Å². The van der Waals surface area contributed by atoms with Gasteiger partial charge in [-0.05, 0) is 31.5 Å². The van der Waals surface area contributed by atoms with E-state index in [2.05, 4.69) is 0 Å². The van der Waals surface area contributed by atoms with Gasteiger partial charge in [0, 0.05) is 11.9 Å². The SMILES string of the molecule is CC(C)N1CC(COc2ccc(CCl)cc2)OC1=O. The summed E-state index contributed by atoms with van der Waals surface area (Å²) in [6.07, 6.45) is -0.469. The van der Waals surface area contributed by atoms with Crippen LogP contribution in [0.3, 0.4) is 0 Å². The molecule has 1 aliphatic rings. The Balaban J connectivity index is 1.84. The van der Waals surface area contributed by atoms with E-state index >= 15 is 0 Å². The zero-order valence-electron chi connectivity index (χ0n) is 11.1. The molecule has 5 heteroatoms. The third-order valence-corrected chi connectivity index (χ3v) is 3.35. The summed E-state index contributed by atoms with van der Waals surface area (Å²) in [5.74, 6) is 1.25. The maximum Gasteiger partial charge on any atom is 0.410 e. The Morgan fingerprint density at radius 1 is 1.42 bits per heavy atom. The molecule has 1 saturated heterocycles. The molecule has 0 radical (unpaired) electrons. The van der Waals surface area contributed by atoms with E-state index in [0.29, 0.717) is 19.0 Å². The van der Waals surface area contributed by atoms with E-state index < -0.39 is 0 Å². The minimum Gasteiger partial charge on any atom is -0.490 e. The molecule has 0 saturated carbocycles. The summed E-state index contributed by atoms with van der Waals surface area (Å²) in [5.41, 5.74) is 1.05. The Bertz CT molecular complexity index is 433. The lowest BCUT2D eigenvalue weighted by molar-refractivity contribution is 0.102. The Hall–Kier alpha value is -1.42. The number of halogens is 1. The Morgan fingerprint density at radius 3 is 2.63 bits per heavy atom. The number of benzene rings is 1. The maximum absolute atomic E-state index is 11.6. The molecule has 1 amide bonds. The highest BCUT2D eigenvalue weighted by Crippen LogP contribution is 2.17. The van der Waals surface area contributed by atoms with Gasteiger partial charge in [0.05, 0.1) is 6.54 Å². The van der Waals surface area contributed by atoms with Crippen molar-refractivity contribution in [2.45, 2.75) is 31.9 Å². The van der Waals surface area contributed by atoms with Crippen LogP contribution in [0.1, 0.15) is 19.4 Å². The number of nitrogens with zero attached hydrogens (tertiary/aromatic N) is 1. The summed E-state index contributed by atoms with van der Waals surface area (Å²) in [4.78, 5) is 13.3. The van der Waals surface area contributed by atoms with Crippen molar-refractivity contribution < 1.29 is 14.3 Å². The van der Waals surface area contributed by atoms with Crippen LogP contribution >= 0.6 is 11.6 Å². The van der Waals surface area contributed by atoms with Crippen LogP contribution in [-0.4, -0.2) is 36.3 Å². The molecule has 1 aliphatic heterocycles. The molecule has 0 spiro atoms. The van der Waals surface area contributed by atoms with Crippen molar-refractivity contribution in [1.82, 2.24) is 4.90 Å². The van der Waals surface area contributed by atoms with Crippen molar-refractivity contribution in [1.29, 1.82) is 0 Å². The van der Waals surface area contributed by atoms with Gasteiger partial charge in [-0.3, -0.25) is 0 Å². The normalized spacial score (nSPS) is 18.8. The first-order valence-electron chi connectivity index (χ1n) is 6.35. The number of carbonyl (C=O) groups is 1. The summed E-state index contributed by atoms with van der Waals surface area (Å²) in [6.45, 7) is 4.89. The van der Waals surface area contributed by atoms with Crippen LogP contribution in [0, 0.1) is 0 Å². The third kappa shape index (κ3) is 3.53. The molecule has 1 heterocycles. The minimum atomic E-state index is -0.263. The van der Waals surface area contributed by atoms with Crippen LogP contribution in [0.4, 0.5) is 4.79 Å². The number of hydrogen-bond donors (Lipinski definition) is 0. The Morgan fingerprint density at radius 2 is 2.11 bits per heavy atom. The molecule has 2 rings (SSSR count). The van der Waals surface area contributed by atoms with Crippen molar-refractivity contribution in [3.63, 3.8) is 0 Å². The molecule has 4 nitrogen and oxygen atoms in total. The number of rotatable bonds is 5. The molecular formula is C14H18ClNO3. The topological polar surface area (TPSA) is 38.8 Å². The molecular weight excluding hydrogens is 266 g/mol. The van der Waals surface area contributed by atoms with Crippen molar-refractivity contribution in [2.75, 3.05) is 13.2 Å². The number of ether oxygens (including phenoxy) is 2. The van der Waals surface area contributed by atoms with Crippen LogP contribution in [-0.2, 0) is 10.6 Å². The van der Waals surface area contributed by atoms with E-state index in [9.17, 15) is 4.79 Å². The monoisotopic (exact) mass is 283 g/mol. The second-order valence-corrected chi connectivity index (χ2v) is 5.11. The van der Waals surface area contributed by atoms with Gasteiger partial charge in [0.15, 0.2) is 6.10 Å². The highest BCUT2D eigenvalue weighted by atomic mass is 35.5. The van der Waals surface area contributed by atoms with E-state index in [0.717, 1.165) is 11.3 Å². The maximum atomic E-state index is 11.6. The average Bonchev–Trinajstić information content (AvgIpc) is 2.78. The fourth-order valence-corrected chi connectivity index (χ4v) is 2.09. The van der Waals surface area contributed by atoms with Crippen LogP contribution < -0.4 is 4.74 Å². The standard InChI is InChI=1S/C14H18ClNO3/c1-10(2)16-8-13(19-14(16)17)9-18-12-5-3-11(7-15)4-6-12/h3-6,10,13H,7-9H2,1-2H3. The van der Waals surface area contributed by atoms with Crippen molar-refractivity contribution in [2.24, 2.45) is 0 Å². The number of amides is 1. The summed E-state index contributed by atoms with van der Waals surface area (Å²) >= 11 is 5.72. The largest absolute Gasteiger partial charge is 0.490 e. The minimum absolute atomic E-state index is 0.153. The second kappa shape index (κ2) is 6.15. The number of hydrogen-bond acceptors (Lipinski definition) is 3. The zero-order valence-corrected chi connectivity index (χ0v) is 11.9. The van der Waals surface area contributed by atoms with Gasteiger partial charge in [-0.1, -0.05) is 12.1 Å². The quantitative estimate of drug-likeness (QED) is 0.780. The molecule has 1 aromatic carbocycles. The number of carbonyl (C=O) groups excluding carboxylic acids is 1. The predicted molar refractivity (Wildman–Crippen MR) is 73.6 cm³/mol. The van der Waals surface area contributed by atoms with Gasteiger partial charge >= 0.3 is 6.09 Å². The van der Waals surface area contributed by atoms with Gasteiger partial charge in [-0.15, -0.1) is 11.6 Å². The lowest BCUT2D eigenvalue weighted by Crippen LogP contribution is -2.32. The van der Waals surface area contributed by atoms with Crippen LogP contribution in [0.2, 0.25) is 0 Å². The number of alkyl halides is 1. The first-order chi connectivity index (χ1) is 9.10. The van der Waals surface area contributed by atoms with Gasteiger partial charge in [-0.25, -0.2) is 4.79 Å². The molecule has 19 heavy (non-hydrogen) atoms. The van der Waals surface area contributed by atoms with E-state index in [4.69, 9.17) is 21.1 Å². The summed E-state index contributed by atoms with van der Waals surface area (Å²) in [5, 5.41) is 0. The van der Waals surface area contributed by atoms with Crippen molar-refractivity contribution in [3.05, 3.63) is 29.8 Å². The molecule has 1 atom stereocenters. The van der Waals surface area contributed by atoms with Crippen LogP contribution in [0.25, 0.3) is 0 Å². The smallest absolute Gasteiger partial charge is 0.410 e. The molecule has 104 valence electrons. The zero-order chi connectivity index (χ0) is 13.8. The highest BCUT2D eigenvalue weighted by molar-refractivity contribution is 6.17. The summed E-state index contributed by atoms with van der Waals surface area (Å²) < 4.78 is 10.9. The number of cyclic esters (lactones) is 1. The van der Waals surface area contributed by atoms with E-state index in [1.54, 1.807) is 4.90 Å². The lowest BCUT2D eigenvalue weighted by atomic mass is 10.2.